The second-order valence-electron chi connectivity index (χ2n) is 7.67. The summed E-state index contributed by atoms with van der Waals surface area (Å²) in [6.45, 7) is 7.71. The lowest BCUT2D eigenvalue weighted by atomic mass is 9.98. The van der Waals surface area contributed by atoms with Gasteiger partial charge in [0.05, 0.1) is 24.4 Å². The summed E-state index contributed by atoms with van der Waals surface area (Å²) >= 11 is 0. The molecule has 27 heavy (non-hydrogen) atoms. The molecule has 3 heterocycles. The highest BCUT2D eigenvalue weighted by Gasteiger charge is 2.37. The Morgan fingerprint density at radius 2 is 2.07 bits per heavy atom. The molecule has 0 spiro atoms. The zero-order chi connectivity index (χ0) is 19.0. The molecule has 1 aromatic heterocycles. The molecule has 4 rings (SSSR count). The maximum absolute atomic E-state index is 10.4. The molecule has 144 valence electrons. The van der Waals surface area contributed by atoms with Gasteiger partial charge in [-0.15, -0.1) is 10.2 Å². The van der Waals surface area contributed by atoms with Crippen LogP contribution in [0.2, 0.25) is 0 Å². The molecule has 0 bridgehead atoms. The van der Waals surface area contributed by atoms with Crippen molar-refractivity contribution in [1.29, 1.82) is 0 Å². The van der Waals surface area contributed by atoms with E-state index in [1.807, 2.05) is 19.1 Å². The Labute approximate surface area is 160 Å². The van der Waals surface area contributed by atoms with Crippen LogP contribution in [0.3, 0.4) is 0 Å². The Morgan fingerprint density at radius 1 is 1.22 bits per heavy atom. The van der Waals surface area contributed by atoms with Gasteiger partial charge in [-0.05, 0) is 56.1 Å². The quantitative estimate of drug-likeness (QED) is 0.899. The minimum absolute atomic E-state index is 0.257. The maximum Gasteiger partial charge on any atom is 0.152 e. The molecule has 2 atom stereocenters. The van der Waals surface area contributed by atoms with Crippen LogP contribution in [-0.4, -0.2) is 65.6 Å². The van der Waals surface area contributed by atoms with Crippen LogP contribution < -0.4 is 4.90 Å². The van der Waals surface area contributed by atoms with E-state index < -0.39 is 0 Å². The lowest BCUT2D eigenvalue weighted by Gasteiger charge is -2.46. The third kappa shape index (κ3) is 3.51. The predicted octanol–water partition coefficient (Wildman–Crippen LogP) is 2.63. The fourth-order valence-corrected chi connectivity index (χ4v) is 4.21. The van der Waals surface area contributed by atoms with Gasteiger partial charge >= 0.3 is 0 Å². The number of ether oxygens (including phenoxy) is 1. The van der Waals surface area contributed by atoms with Crippen LogP contribution in [0.25, 0.3) is 11.3 Å². The normalized spacial score (nSPS) is 23.3. The molecular weight excluding hydrogens is 340 g/mol. The molecule has 0 aliphatic carbocycles. The van der Waals surface area contributed by atoms with Crippen molar-refractivity contribution in [2.45, 2.75) is 38.8 Å². The number of hydrogen-bond acceptors (Lipinski definition) is 6. The van der Waals surface area contributed by atoms with Gasteiger partial charge in [-0.25, -0.2) is 0 Å². The SMILES string of the molecule is CCc1cc(N2CCO[C@@H]3CCN(C)C[C@@H]32)nnc1-c1ccc(C)cc1O. The Morgan fingerprint density at radius 3 is 2.85 bits per heavy atom. The summed E-state index contributed by atoms with van der Waals surface area (Å²) in [6.07, 6.45) is 2.16. The Balaban J connectivity index is 1.68. The number of morpholine rings is 1. The molecule has 1 N–H and O–H groups in total. The monoisotopic (exact) mass is 368 g/mol. The highest BCUT2D eigenvalue weighted by Crippen LogP contribution is 2.33. The number of phenolic OH excluding ortho intramolecular Hbond substituents is 1. The summed E-state index contributed by atoms with van der Waals surface area (Å²) < 4.78 is 6.01. The molecule has 0 saturated carbocycles. The van der Waals surface area contributed by atoms with Gasteiger partial charge in [0.25, 0.3) is 0 Å². The number of hydrogen-bond donors (Lipinski definition) is 1. The summed E-state index contributed by atoms with van der Waals surface area (Å²) in [5.74, 6) is 1.17. The maximum atomic E-state index is 10.4. The molecule has 0 unspecified atom stereocenters. The van der Waals surface area contributed by atoms with Gasteiger partial charge in [0.1, 0.15) is 5.75 Å². The molecule has 2 aliphatic heterocycles. The van der Waals surface area contributed by atoms with Gasteiger partial charge in [0.15, 0.2) is 5.82 Å². The Kier molecular flexibility index (Phi) is 5.02. The number of nitrogens with zero attached hydrogens (tertiary/aromatic N) is 4. The largest absolute Gasteiger partial charge is 0.507 e. The van der Waals surface area contributed by atoms with E-state index in [0.29, 0.717) is 6.04 Å². The van der Waals surface area contributed by atoms with Crippen LogP contribution in [0.4, 0.5) is 5.82 Å². The number of anilines is 1. The summed E-state index contributed by atoms with van der Waals surface area (Å²) in [6, 6.07) is 8.14. The molecule has 2 fully saturated rings. The van der Waals surface area contributed by atoms with E-state index in [0.717, 1.165) is 67.3 Å². The molecule has 2 aromatic rings. The number of likely N-dealkylation sites (tertiary alicyclic amines) is 1. The summed E-state index contributed by atoms with van der Waals surface area (Å²) in [7, 11) is 2.16. The average Bonchev–Trinajstić information content (AvgIpc) is 2.67. The van der Waals surface area contributed by atoms with Crippen LogP contribution in [0.5, 0.6) is 5.75 Å². The minimum Gasteiger partial charge on any atom is -0.507 e. The van der Waals surface area contributed by atoms with Crippen molar-refractivity contribution in [3.05, 3.63) is 35.4 Å². The van der Waals surface area contributed by atoms with Gasteiger partial charge in [0.2, 0.25) is 0 Å². The summed E-state index contributed by atoms with van der Waals surface area (Å²) in [5.41, 5.74) is 3.64. The smallest absolute Gasteiger partial charge is 0.152 e. The van der Waals surface area contributed by atoms with Gasteiger partial charge < -0.3 is 19.6 Å². The van der Waals surface area contributed by atoms with Crippen molar-refractivity contribution in [2.75, 3.05) is 38.2 Å². The van der Waals surface area contributed by atoms with Crippen molar-refractivity contribution < 1.29 is 9.84 Å². The second-order valence-corrected chi connectivity index (χ2v) is 7.67. The number of benzene rings is 1. The van der Waals surface area contributed by atoms with Crippen molar-refractivity contribution in [3.63, 3.8) is 0 Å². The number of aromatic nitrogens is 2. The van der Waals surface area contributed by atoms with Gasteiger partial charge in [-0.2, -0.15) is 0 Å². The number of aromatic hydroxyl groups is 1. The number of phenols is 1. The molecular formula is C21H28N4O2. The van der Waals surface area contributed by atoms with E-state index in [4.69, 9.17) is 4.74 Å². The third-order valence-corrected chi connectivity index (χ3v) is 5.73. The Hall–Kier alpha value is -2.18. The van der Waals surface area contributed by atoms with E-state index in [1.165, 1.54) is 0 Å². The number of rotatable bonds is 3. The number of likely N-dealkylation sites (N-methyl/N-ethyl adjacent to an activating group) is 1. The van der Waals surface area contributed by atoms with Crippen molar-refractivity contribution in [1.82, 2.24) is 15.1 Å². The topological polar surface area (TPSA) is 61.7 Å². The first kappa shape index (κ1) is 18.2. The predicted molar refractivity (Wildman–Crippen MR) is 106 cm³/mol. The highest BCUT2D eigenvalue weighted by molar-refractivity contribution is 5.70. The van der Waals surface area contributed by atoms with E-state index >= 15 is 0 Å². The van der Waals surface area contributed by atoms with E-state index in [-0.39, 0.29) is 11.9 Å². The van der Waals surface area contributed by atoms with Crippen LogP contribution in [-0.2, 0) is 11.2 Å². The van der Waals surface area contributed by atoms with E-state index in [2.05, 4.69) is 40.0 Å². The molecule has 6 nitrogen and oxygen atoms in total. The van der Waals surface area contributed by atoms with Gasteiger partial charge in [0, 0.05) is 25.2 Å². The first-order valence-electron chi connectivity index (χ1n) is 9.80. The van der Waals surface area contributed by atoms with Gasteiger partial charge in [-0.3, -0.25) is 0 Å². The van der Waals surface area contributed by atoms with Crippen molar-refractivity contribution >= 4 is 5.82 Å². The fourth-order valence-electron chi connectivity index (χ4n) is 4.21. The van der Waals surface area contributed by atoms with Crippen LogP contribution in [0, 0.1) is 6.92 Å². The highest BCUT2D eigenvalue weighted by atomic mass is 16.5. The zero-order valence-electron chi connectivity index (χ0n) is 16.4. The number of fused-ring (bicyclic) bond motifs is 1. The number of piperidine rings is 1. The second kappa shape index (κ2) is 7.44. The first-order valence-corrected chi connectivity index (χ1v) is 9.80. The summed E-state index contributed by atoms with van der Waals surface area (Å²) in [4.78, 5) is 4.71. The van der Waals surface area contributed by atoms with Crippen molar-refractivity contribution in [2.24, 2.45) is 0 Å². The lowest BCUT2D eigenvalue weighted by molar-refractivity contribution is -0.0246. The molecule has 6 heteroatoms. The van der Waals surface area contributed by atoms with Gasteiger partial charge in [-0.1, -0.05) is 13.0 Å². The molecule has 0 radical (unpaired) electrons. The first-order chi connectivity index (χ1) is 13.1. The van der Waals surface area contributed by atoms with Crippen LogP contribution in [0.15, 0.2) is 24.3 Å². The zero-order valence-corrected chi connectivity index (χ0v) is 16.4. The van der Waals surface area contributed by atoms with E-state index in [1.54, 1.807) is 6.07 Å². The Bertz CT molecular complexity index is 826. The molecule has 1 aromatic carbocycles. The van der Waals surface area contributed by atoms with Crippen LogP contribution in [0.1, 0.15) is 24.5 Å². The minimum atomic E-state index is 0.257. The molecule has 2 aliphatic rings. The third-order valence-electron chi connectivity index (χ3n) is 5.73. The fraction of sp³-hybridized carbons (Fsp3) is 0.524. The van der Waals surface area contributed by atoms with Crippen molar-refractivity contribution in [3.8, 4) is 17.0 Å². The number of aryl methyl sites for hydroxylation is 2. The molecule has 0 amide bonds. The molecule has 2 saturated heterocycles. The standard InChI is InChI=1S/C21H28N4O2/c1-4-15-12-20(22-23-21(15)16-6-5-14(2)11-18(16)26)25-9-10-27-19-7-8-24(3)13-17(19)25/h5-6,11-12,17,19,26H,4,7-10,13H2,1-3H3/t17-,19+/m0/s1. The van der Waals surface area contributed by atoms with E-state index in [9.17, 15) is 5.11 Å². The van der Waals surface area contributed by atoms with Crippen LogP contribution >= 0.6 is 0 Å². The lowest BCUT2D eigenvalue weighted by Crippen LogP contribution is -2.59. The average molecular weight is 368 g/mol. The summed E-state index contributed by atoms with van der Waals surface area (Å²) in [5, 5.41) is 19.5.